The van der Waals surface area contributed by atoms with E-state index in [0.29, 0.717) is 30.7 Å². The first-order valence-electron chi connectivity index (χ1n) is 7.29. The Morgan fingerprint density at radius 1 is 1.45 bits per heavy atom. The molecule has 1 aliphatic carbocycles. The molecule has 122 valence electrons. The van der Waals surface area contributed by atoms with E-state index in [2.05, 4.69) is 32.9 Å². The predicted molar refractivity (Wildman–Crippen MR) is 99.7 cm³/mol. The van der Waals surface area contributed by atoms with Gasteiger partial charge in [-0.25, -0.2) is 4.98 Å². The number of carbonyl (C=O) groups is 1. The van der Waals surface area contributed by atoms with Gasteiger partial charge in [0, 0.05) is 31.7 Å². The van der Waals surface area contributed by atoms with Crippen LogP contribution in [-0.2, 0) is 4.79 Å². The summed E-state index contributed by atoms with van der Waals surface area (Å²) >= 11 is 0. The number of halogens is 1. The third kappa shape index (κ3) is 6.17. The van der Waals surface area contributed by atoms with Gasteiger partial charge in [0.05, 0.1) is 0 Å². The molecule has 0 bridgehead atoms. The molecule has 1 heterocycles. The van der Waals surface area contributed by atoms with Crippen molar-refractivity contribution < 1.29 is 4.79 Å². The lowest BCUT2D eigenvalue weighted by Gasteiger charge is -2.11. The SMILES string of the molecule is CN=C(NCCC(=O)Nc1cccc(C)n1)NC1CC1C.I. The van der Waals surface area contributed by atoms with Crippen molar-refractivity contribution in [2.75, 3.05) is 18.9 Å². The van der Waals surface area contributed by atoms with E-state index in [0.717, 1.165) is 11.7 Å². The van der Waals surface area contributed by atoms with Crippen LogP contribution in [0, 0.1) is 12.8 Å². The highest BCUT2D eigenvalue weighted by Gasteiger charge is 2.33. The van der Waals surface area contributed by atoms with Crippen LogP contribution in [0.1, 0.15) is 25.5 Å². The number of pyridine rings is 1. The minimum absolute atomic E-state index is 0. The van der Waals surface area contributed by atoms with E-state index >= 15 is 0 Å². The molecule has 0 saturated heterocycles. The van der Waals surface area contributed by atoms with Crippen LogP contribution in [0.5, 0.6) is 0 Å². The highest BCUT2D eigenvalue weighted by molar-refractivity contribution is 14.0. The fraction of sp³-hybridized carbons (Fsp3) is 0.533. The third-order valence-electron chi connectivity index (χ3n) is 3.46. The normalized spacial score (nSPS) is 19.9. The first kappa shape index (κ1) is 18.7. The molecule has 1 aliphatic rings. The molecule has 1 amide bonds. The smallest absolute Gasteiger partial charge is 0.227 e. The third-order valence-corrected chi connectivity index (χ3v) is 3.46. The lowest BCUT2D eigenvalue weighted by molar-refractivity contribution is -0.116. The maximum absolute atomic E-state index is 11.8. The molecule has 6 nitrogen and oxygen atoms in total. The highest BCUT2D eigenvalue weighted by Crippen LogP contribution is 2.28. The fourth-order valence-corrected chi connectivity index (χ4v) is 2.01. The number of hydrogen-bond acceptors (Lipinski definition) is 3. The summed E-state index contributed by atoms with van der Waals surface area (Å²) in [6.45, 7) is 4.64. The van der Waals surface area contributed by atoms with Gasteiger partial charge in [0.15, 0.2) is 5.96 Å². The van der Waals surface area contributed by atoms with Gasteiger partial charge in [-0.2, -0.15) is 0 Å². The first-order chi connectivity index (χ1) is 10.1. The summed E-state index contributed by atoms with van der Waals surface area (Å²) in [7, 11) is 1.74. The van der Waals surface area contributed by atoms with Gasteiger partial charge in [-0.3, -0.25) is 9.79 Å². The molecule has 0 radical (unpaired) electrons. The molecule has 22 heavy (non-hydrogen) atoms. The average molecular weight is 417 g/mol. The second-order valence-corrected chi connectivity index (χ2v) is 5.43. The molecule has 1 aromatic heterocycles. The van der Waals surface area contributed by atoms with Crippen molar-refractivity contribution in [1.82, 2.24) is 15.6 Å². The molecule has 1 aromatic rings. The molecule has 1 saturated carbocycles. The van der Waals surface area contributed by atoms with Gasteiger partial charge in [-0.05, 0) is 31.4 Å². The van der Waals surface area contributed by atoms with Crippen molar-refractivity contribution in [3.8, 4) is 0 Å². The Morgan fingerprint density at radius 3 is 2.77 bits per heavy atom. The van der Waals surface area contributed by atoms with Crippen LogP contribution in [-0.4, -0.2) is 36.5 Å². The Morgan fingerprint density at radius 2 is 2.18 bits per heavy atom. The molecule has 2 rings (SSSR count). The second-order valence-electron chi connectivity index (χ2n) is 5.43. The zero-order valence-electron chi connectivity index (χ0n) is 13.2. The van der Waals surface area contributed by atoms with Gasteiger partial charge in [-0.1, -0.05) is 13.0 Å². The van der Waals surface area contributed by atoms with Crippen molar-refractivity contribution in [3.63, 3.8) is 0 Å². The summed E-state index contributed by atoms with van der Waals surface area (Å²) in [4.78, 5) is 20.2. The van der Waals surface area contributed by atoms with Gasteiger partial charge in [0.1, 0.15) is 5.82 Å². The molecular formula is C15H24IN5O. The van der Waals surface area contributed by atoms with Crippen molar-refractivity contribution in [2.24, 2.45) is 10.9 Å². The predicted octanol–water partition coefficient (Wildman–Crippen LogP) is 1.91. The van der Waals surface area contributed by atoms with E-state index in [9.17, 15) is 4.79 Å². The van der Waals surface area contributed by atoms with Gasteiger partial charge >= 0.3 is 0 Å². The molecule has 2 unspecified atom stereocenters. The van der Waals surface area contributed by atoms with Crippen molar-refractivity contribution in [3.05, 3.63) is 23.9 Å². The number of anilines is 1. The maximum Gasteiger partial charge on any atom is 0.227 e. The quantitative estimate of drug-likeness (QED) is 0.389. The number of rotatable bonds is 5. The molecule has 3 N–H and O–H groups in total. The zero-order valence-corrected chi connectivity index (χ0v) is 15.5. The number of guanidine groups is 1. The van der Waals surface area contributed by atoms with Crippen LogP contribution >= 0.6 is 24.0 Å². The van der Waals surface area contributed by atoms with Gasteiger partial charge in [0.2, 0.25) is 5.91 Å². The number of carbonyl (C=O) groups excluding carboxylic acids is 1. The maximum atomic E-state index is 11.8. The Hall–Kier alpha value is -1.38. The summed E-state index contributed by atoms with van der Waals surface area (Å²) < 4.78 is 0. The topological polar surface area (TPSA) is 78.4 Å². The number of aliphatic imine (C=N–C) groups is 1. The fourth-order valence-electron chi connectivity index (χ4n) is 2.01. The number of hydrogen-bond donors (Lipinski definition) is 3. The number of aromatic nitrogens is 1. The lowest BCUT2D eigenvalue weighted by Crippen LogP contribution is -2.40. The number of aryl methyl sites for hydroxylation is 1. The zero-order chi connectivity index (χ0) is 15.2. The minimum atomic E-state index is -0.0594. The van der Waals surface area contributed by atoms with Gasteiger partial charge < -0.3 is 16.0 Å². The van der Waals surface area contributed by atoms with E-state index in [-0.39, 0.29) is 29.9 Å². The highest BCUT2D eigenvalue weighted by atomic mass is 127. The summed E-state index contributed by atoms with van der Waals surface area (Å²) in [6, 6.07) is 6.07. The summed E-state index contributed by atoms with van der Waals surface area (Å²) in [5, 5.41) is 9.25. The summed E-state index contributed by atoms with van der Waals surface area (Å²) in [5.74, 6) is 2.00. The minimum Gasteiger partial charge on any atom is -0.356 e. The number of amides is 1. The van der Waals surface area contributed by atoms with Crippen LogP contribution in [0.25, 0.3) is 0 Å². The van der Waals surface area contributed by atoms with E-state index in [1.165, 1.54) is 6.42 Å². The largest absolute Gasteiger partial charge is 0.356 e. The lowest BCUT2D eigenvalue weighted by atomic mass is 10.3. The Bertz CT molecular complexity index is 534. The van der Waals surface area contributed by atoms with Crippen molar-refractivity contribution in [2.45, 2.75) is 32.7 Å². The molecule has 7 heteroatoms. The standard InChI is InChI=1S/C15H23N5O.HI/c1-10-9-12(10)19-15(16-3)17-8-7-14(21)20-13-6-4-5-11(2)18-13;/h4-6,10,12H,7-9H2,1-3H3,(H2,16,17,19)(H,18,20,21);1H. The number of nitrogens with one attached hydrogen (secondary N) is 3. The van der Waals surface area contributed by atoms with Crippen LogP contribution in [0.15, 0.2) is 23.2 Å². The second kappa shape index (κ2) is 8.92. The monoisotopic (exact) mass is 417 g/mol. The van der Waals surface area contributed by atoms with Gasteiger partial charge in [0.25, 0.3) is 0 Å². The van der Waals surface area contributed by atoms with E-state index in [4.69, 9.17) is 0 Å². The Balaban J connectivity index is 0.00000242. The van der Waals surface area contributed by atoms with Crippen LogP contribution in [0.3, 0.4) is 0 Å². The van der Waals surface area contributed by atoms with E-state index in [1.807, 2.05) is 19.1 Å². The summed E-state index contributed by atoms with van der Waals surface area (Å²) in [6.07, 6.45) is 1.55. The molecule has 2 atom stereocenters. The number of nitrogens with zero attached hydrogens (tertiary/aromatic N) is 2. The molecule has 0 aliphatic heterocycles. The van der Waals surface area contributed by atoms with Crippen LogP contribution in [0.2, 0.25) is 0 Å². The molecule has 0 aromatic carbocycles. The summed E-state index contributed by atoms with van der Waals surface area (Å²) in [5.41, 5.74) is 0.883. The van der Waals surface area contributed by atoms with Crippen LogP contribution < -0.4 is 16.0 Å². The van der Waals surface area contributed by atoms with E-state index in [1.54, 1.807) is 13.1 Å². The van der Waals surface area contributed by atoms with Crippen molar-refractivity contribution >= 4 is 41.7 Å². The first-order valence-corrected chi connectivity index (χ1v) is 7.29. The van der Waals surface area contributed by atoms with Gasteiger partial charge in [-0.15, -0.1) is 24.0 Å². The molecule has 0 spiro atoms. The average Bonchev–Trinajstić information content (AvgIpc) is 3.13. The van der Waals surface area contributed by atoms with E-state index < -0.39 is 0 Å². The van der Waals surface area contributed by atoms with Crippen molar-refractivity contribution in [1.29, 1.82) is 0 Å². The Labute approximate surface area is 148 Å². The molecular weight excluding hydrogens is 393 g/mol. The molecule has 1 fully saturated rings. The Kier molecular flexibility index (Phi) is 7.57. The van der Waals surface area contributed by atoms with Crippen LogP contribution in [0.4, 0.5) is 5.82 Å².